The Balaban J connectivity index is 1.85. The van der Waals surface area contributed by atoms with Crippen molar-refractivity contribution in [2.45, 2.75) is 13.3 Å². The Labute approximate surface area is 165 Å². The summed E-state index contributed by atoms with van der Waals surface area (Å²) in [6.07, 6.45) is 0.903. The third kappa shape index (κ3) is 3.95. The quantitative estimate of drug-likeness (QED) is 0.428. The van der Waals surface area contributed by atoms with Crippen LogP contribution in [0.2, 0.25) is 0 Å². The molecule has 0 amide bonds. The maximum Gasteiger partial charge on any atom is 0.341 e. The molecule has 2 N–H and O–H groups in total. The van der Waals surface area contributed by atoms with Crippen LogP contribution in [0.15, 0.2) is 47.2 Å². The average Bonchev–Trinajstić information content (AvgIpc) is 3.31. The van der Waals surface area contributed by atoms with Gasteiger partial charge in [-0.3, -0.25) is 0 Å². The van der Waals surface area contributed by atoms with E-state index in [2.05, 4.69) is 23.6 Å². The zero-order chi connectivity index (χ0) is 18.5. The number of methoxy groups -OCH3 is 1. The van der Waals surface area contributed by atoms with Gasteiger partial charge < -0.3 is 15.4 Å². The Morgan fingerprint density at radius 1 is 1.15 bits per heavy atom. The Kier molecular flexibility index (Phi) is 6.03. The lowest BCUT2D eigenvalue weighted by molar-refractivity contribution is 0.0603. The third-order valence-electron chi connectivity index (χ3n) is 3.84. The van der Waals surface area contributed by atoms with Crippen LogP contribution in [-0.4, -0.2) is 18.2 Å². The molecular formula is C19H18N2O2S3. The molecule has 7 heteroatoms. The number of esters is 1. The smallest absolute Gasteiger partial charge is 0.341 e. The number of carbonyl (C=O) groups is 1. The van der Waals surface area contributed by atoms with E-state index in [1.807, 2.05) is 41.1 Å². The van der Waals surface area contributed by atoms with Gasteiger partial charge in [0.05, 0.1) is 7.11 Å². The molecule has 4 nitrogen and oxygen atoms in total. The summed E-state index contributed by atoms with van der Waals surface area (Å²) in [6, 6.07) is 12.0. The van der Waals surface area contributed by atoms with Gasteiger partial charge in [-0.15, -0.1) is 22.7 Å². The van der Waals surface area contributed by atoms with Crippen molar-refractivity contribution < 1.29 is 9.53 Å². The number of hydrogen-bond donors (Lipinski definition) is 2. The number of carbonyl (C=O) groups excluding carboxylic acids is 1. The second-order valence-corrected chi connectivity index (χ2v) is 7.65. The van der Waals surface area contributed by atoms with Crippen molar-refractivity contribution in [1.82, 2.24) is 0 Å². The summed E-state index contributed by atoms with van der Waals surface area (Å²) < 4.78 is 4.98. The van der Waals surface area contributed by atoms with E-state index >= 15 is 0 Å². The largest absolute Gasteiger partial charge is 0.465 e. The van der Waals surface area contributed by atoms with Gasteiger partial charge in [-0.1, -0.05) is 31.2 Å². The lowest BCUT2D eigenvalue weighted by Gasteiger charge is -2.13. The monoisotopic (exact) mass is 402 g/mol. The van der Waals surface area contributed by atoms with Crippen molar-refractivity contribution in [3.05, 3.63) is 58.3 Å². The fourth-order valence-electron chi connectivity index (χ4n) is 2.58. The van der Waals surface area contributed by atoms with Gasteiger partial charge in [0.25, 0.3) is 0 Å². The van der Waals surface area contributed by atoms with Crippen LogP contribution in [0.25, 0.3) is 10.4 Å². The van der Waals surface area contributed by atoms with Crippen LogP contribution in [0.5, 0.6) is 0 Å². The van der Waals surface area contributed by atoms with Gasteiger partial charge in [0.2, 0.25) is 0 Å². The topological polar surface area (TPSA) is 50.4 Å². The zero-order valence-corrected chi connectivity index (χ0v) is 16.8. The molecule has 0 fully saturated rings. The van der Waals surface area contributed by atoms with Gasteiger partial charge in [-0.05, 0) is 41.7 Å². The Bertz CT molecular complexity index is 917. The number of thiocarbonyl (C=S) groups is 1. The molecule has 2 aromatic heterocycles. The Morgan fingerprint density at radius 3 is 2.65 bits per heavy atom. The molecule has 134 valence electrons. The molecule has 0 bridgehead atoms. The molecule has 0 unspecified atom stereocenters. The summed E-state index contributed by atoms with van der Waals surface area (Å²) in [4.78, 5) is 13.4. The summed E-state index contributed by atoms with van der Waals surface area (Å²) in [7, 11) is 1.38. The van der Waals surface area contributed by atoms with Crippen LogP contribution in [0.4, 0.5) is 10.7 Å². The highest BCUT2D eigenvalue weighted by atomic mass is 32.1. The lowest BCUT2D eigenvalue weighted by atomic mass is 10.1. The second kappa shape index (κ2) is 8.44. The number of benzene rings is 1. The first-order chi connectivity index (χ1) is 12.6. The van der Waals surface area contributed by atoms with Gasteiger partial charge in [0, 0.05) is 21.5 Å². The van der Waals surface area contributed by atoms with Crippen LogP contribution < -0.4 is 10.6 Å². The molecule has 0 radical (unpaired) electrons. The first-order valence-corrected chi connectivity index (χ1v) is 10.2. The van der Waals surface area contributed by atoms with Crippen LogP contribution in [-0.2, 0) is 11.2 Å². The molecule has 0 saturated heterocycles. The lowest BCUT2D eigenvalue weighted by Crippen LogP contribution is -2.20. The van der Waals surface area contributed by atoms with Crippen LogP contribution in [0.3, 0.4) is 0 Å². The highest BCUT2D eigenvalue weighted by molar-refractivity contribution is 7.80. The molecule has 0 aliphatic heterocycles. The number of hydrogen-bond acceptors (Lipinski definition) is 5. The van der Waals surface area contributed by atoms with E-state index in [4.69, 9.17) is 17.0 Å². The van der Waals surface area contributed by atoms with E-state index < -0.39 is 0 Å². The summed E-state index contributed by atoms with van der Waals surface area (Å²) >= 11 is 8.47. The third-order valence-corrected chi connectivity index (χ3v) is 5.84. The maximum absolute atomic E-state index is 12.3. The molecule has 3 rings (SSSR count). The predicted molar refractivity (Wildman–Crippen MR) is 115 cm³/mol. The highest BCUT2D eigenvalue weighted by Gasteiger charge is 2.22. The zero-order valence-electron chi connectivity index (χ0n) is 14.4. The van der Waals surface area contributed by atoms with Crippen molar-refractivity contribution in [3.8, 4) is 10.4 Å². The molecular weight excluding hydrogens is 384 g/mol. The fraction of sp³-hybridized carbons (Fsp3) is 0.158. The molecule has 0 saturated carbocycles. The van der Waals surface area contributed by atoms with Crippen molar-refractivity contribution in [2.24, 2.45) is 0 Å². The first kappa shape index (κ1) is 18.6. The molecule has 0 aliphatic carbocycles. The molecule has 26 heavy (non-hydrogen) atoms. The Morgan fingerprint density at radius 2 is 1.96 bits per heavy atom. The molecule has 2 heterocycles. The van der Waals surface area contributed by atoms with Crippen LogP contribution in [0.1, 0.15) is 22.8 Å². The van der Waals surface area contributed by atoms with E-state index in [-0.39, 0.29) is 5.97 Å². The number of ether oxygens (including phenoxy) is 1. The minimum atomic E-state index is -0.381. The minimum absolute atomic E-state index is 0.381. The van der Waals surface area contributed by atoms with Gasteiger partial charge in [-0.25, -0.2) is 4.79 Å². The number of nitrogens with one attached hydrogen (secondary N) is 2. The molecule has 0 aliphatic rings. The molecule has 0 spiro atoms. The minimum Gasteiger partial charge on any atom is -0.465 e. The number of aryl methyl sites for hydroxylation is 1. The van der Waals surface area contributed by atoms with Gasteiger partial charge in [0.1, 0.15) is 10.6 Å². The van der Waals surface area contributed by atoms with Gasteiger partial charge >= 0.3 is 5.97 Å². The van der Waals surface area contributed by atoms with E-state index in [1.165, 1.54) is 24.0 Å². The Hall–Kier alpha value is -2.22. The van der Waals surface area contributed by atoms with Crippen LogP contribution >= 0.6 is 34.9 Å². The van der Waals surface area contributed by atoms with E-state index in [1.54, 1.807) is 11.3 Å². The number of para-hydroxylation sites is 1. The van der Waals surface area contributed by atoms with E-state index in [0.717, 1.165) is 22.5 Å². The summed E-state index contributed by atoms with van der Waals surface area (Å²) in [5, 5.41) is 11.4. The molecule has 0 atom stereocenters. The number of anilines is 2. The van der Waals surface area contributed by atoms with Gasteiger partial charge in [-0.2, -0.15) is 0 Å². The normalized spacial score (nSPS) is 10.4. The fourth-order valence-corrected chi connectivity index (χ4v) is 4.63. The second-order valence-electron chi connectivity index (χ2n) is 5.41. The molecule has 1 aromatic carbocycles. The summed E-state index contributed by atoms with van der Waals surface area (Å²) in [5.74, 6) is -0.381. The van der Waals surface area contributed by atoms with Crippen LogP contribution in [0, 0.1) is 0 Å². The number of thiophene rings is 2. The van der Waals surface area contributed by atoms with E-state index in [0.29, 0.717) is 15.7 Å². The van der Waals surface area contributed by atoms with Crippen molar-refractivity contribution in [3.63, 3.8) is 0 Å². The van der Waals surface area contributed by atoms with Crippen molar-refractivity contribution in [1.29, 1.82) is 0 Å². The van der Waals surface area contributed by atoms with Gasteiger partial charge in [0.15, 0.2) is 5.11 Å². The summed E-state index contributed by atoms with van der Waals surface area (Å²) in [6.45, 7) is 2.10. The van der Waals surface area contributed by atoms with Crippen molar-refractivity contribution >= 4 is 56.7 Å². The molecule has 3 aromatic rings. The standard InChI is InChI=1S/C19H18N2O2S3/c1-3-12-7-4-5-8-14(12)20-19(24)21-17-16(18(22)23-2)13(11-26-17)15-9-6-10-25-15/h4-11H,3H2,1-2H3,(H2,20,21,24). The first-order valence-electron chi connectivity index (χ1n) is 8.03. The maximum atomic E-state index is 12.3. The van der Waals surface area contributed by atoms with E-state index in [9.17, 15) is 4.79 Å². The highest BCUT2D eigenvalue weighted by Crippen LogP contribution is 2.38. The van der Waals surface area contributed by atoms with Crippen molar-refractivity contribution in [2.75, 3.05) is 17.7 Å². The number of rotatable bonds is 5. The predicted octanol–water partition coefficient (Wildman–Crippen LogP) is 5.63. The summed E-state index contributed by atoms with van der Waals surface area (Å²) in [5.41, 5.74) is 3.50. The SMILES string of the molecule is CCc1ccccc1NC(=S)Nc1scc(-c2cccs2)c1C(=O)OC. The average molecular weight is 403 g/mol.